The predicted octanol–water partition coefficient (Wildman–Crippen LogP) is 1.37. The third-order valence-electron chi connectivity index (χ3n) is 3.44. The van der Waals surface area contributed by atoms with Crippen LogP contribution in [0, 0.1) is 11.3 Å². The number of morpholine rings is 1. The molecule has 22 heavy (non-hydrogen) atoms. The van der Waals surface area contributed by atoms with Gasteiger partial charge in [0.1, 0.15) is 17.5 Å². The number of amides is 1. The molecule has 112 valence electrons. The first-order chi connectivity index (χ1) is 10.8. The Labute approximate surface area is 127 Å². The topological polar surface area (TPSA) is 94.0 Å². The van der Waals surface area contributed by atoms with Crippen LogP contribution in [0.4, 0.5) is 11.6 Å². The van der Waals surface area contributed by atoms with Crippen molar-refractivity contribution in [3.05, 3.63) is 41.5 Å². The normalized spacial score (nSPS) is 14.4. The lowest BCUT2D eigenvalue weighted by molar-refractivity contribution is 0.102. The Morgan fingerprint density at radius 2 is 2.05 bits per heavy atom. The summed E-state index contributed by atoms with van der Waals surface area (Å²) in [5.41, 5.74) is 0.861. The maximum Gasteiger partial charge on any atom is 0.256 e. The van der Waals surface area contributed by atoms with Crippen molar-refractivity contribution in [2.45, 2.75) is 0 Å². The van der Waals surface area contributed by atoms with Crippen LogP contribution in [-0.2, 0) is 4.74 Å². The molecule has 7 heteroatoms. The zero-order valence-corrected chi connectivity index (χ0v) is 11.9. The van der Waals surface area contributed by atoms with E-state index in [1.165, 1.54) is 0 Å². The molecule has 1 amide bonds. The molecule has 2 aromatic rings. The largest absolute Gasteiger partial charge is 0.378 e. The van der Waals surface area contributed by atoms with E-state index in [-0.39, 0.29) is 5.91 Å². The summed E-state index contributed by atoms with van der Waals surface area (Å²) in [7, 11) is 0. The van der Waals surface area contributed by atoms with Gasteiger partial charge < -0.3 is 15.0 Å². The van der Waals surface area contributed by atoms with Gasteiger partial charge in [0, 0.05) is 18.7 Å². The van der Waals surface area contributed by atoms with Crippen LogP contribution in [-0.4, -0.2) is 42.4 Å². The van der Waals surface area contributed by atoms with E-state index < -0.39 is 0 Å². The molecular formula is C15H15N5O2. The number of hydrogen-bond acceptors (Lipinski definition) is 5. The van der Waals surface area contributed by atoms with Gasteiger partial charge in [-0.15, -0.1) is 0 Å². The first-order valence-corrected chi connectivity index (χ1v) is 6.97. The van der Waals surface area contributed by atoms with Crippen LogP contribution in [0.2, 0.25) is 0 Å². The summed E-state index contributed by atoms with van der Waals surface area (Å²) in [5, 5.41) is 19.0. The monoisotopic (exact) mass is 297 g/mol. The maximum absolute atomic E-state index is 12.2. The third-order valence-corrected chi connectivity index (χ3v) is 3.44. The highest BCUT2D eigenvalue weighted by Crippen LogP contribution is 2.24. The number of aromatic nitrogens is 2. The number of nitriles is 1. The molecule has 0 radical (unpaired) electrons. The first-order valence-electron chi connectivity index (χ1n) is 6.97. The highest BCUT2D eigenvalue weighted by molar-refractivity contribution is 6.04. The number of carbonyl (C=O) groups excluding carboxylic acids is 1. The molecule has 2 N–H and O–H groups in total. The van der Waals surface area contributed by atoms with Crippen LogP contribution in [0.3, 0.4) is 0 Å². The molecule has 1 aliphatic heterocycles. The van der Waals surface area contributed by atoms with Crippen LogP contribution in [0.1, 0.15) is 15.9 Å². The lowest BCUT2D eigenvalue weighted by Crippen LogP contribution is -2.36. The SMILES string of the molecule is N#Cc1c(N2CCOCC2)n[nH]c1NC(=O)c1ccccc1. The van der Waals surface area contributed by atoms with Gasteiger partial charge in [0.05, 0.1) is 13.2 Å². The molecule has 1 aromatic heterocycles. The van der Waals surface area contributed by atoms with Gasteiger partial charge in [-0.3, -0.25) is 9.89 Å². The van der Waals surface area contributed by atoms with E-state index in [1.807, 2.05) is 11.0 Å². The van der Waals surface area contributed by atoms with Gasteiger partial charge in [-0.25, -0.2) is 0 Å². The minimum absolute atomic E-state index is 0.283. The fourth-order valence-corrected chi connectivity index (χ4v) is 2.31. The summed E-state index contributed by atoms with van der Waals surface area (Å²) in [6, 6.07) is 10.9. The van der Waals surface area contributed by atoms with E-state index in [0.717, 1.165) is 0 Å². The summed E-state index contributed by atoms with van der Waals surface area (Å²) in [5.74, 6) is 0.585. The van der Waals surface area contributed by atoms with Crippen molar-refractivity contribution >= 4 is 17.5 Å². The number of nitrogens with zero attached hydrogens (tertiary/aromatic N) is 3. The molecule has 0 aliphatic carbocycles. The molecule has 7 nitrogen and oxygen atoms in total. The predicted molar refractivity (Wildman–Crippen MR) is 80.7 cm³/mol. The van der Waals surface area contributed by atoms with E-state index >= 15 is 0 Å². The lowest BCUT2D eigenvalue weighted by Gasteiger charge is -2.26. The second-order valence-corrected chi connectivity index (χ2v) is 4.83. The number of carbonyl (C=O) groups is 1. The number of H-pyrrole nitrogens is 1. The van der Waals surface area contributed by atoms with Crippen molar-refractivity contribution in [3.8, 4) is 6.07 Å². The van der Waals surface area contributed by atoms with Crippen molar-refractivity contribution in [1.82, 2.24) is 10.2 Å². The molecule has 1 saturated heterocycles. The molecule has 0 unspecified atom stereocenters. The van der Waals surface area contributed by atoms with E-state index in [2.05, 4.69) is 21.6 Å². The average molecular weight is 297 g/mol. The van der Waals surface area contributed by atoms with Gasteiger partial charge in [-0.1, -0.05) is 18.2 Å². The number of nitrogens with one attached hydrogen (secondary N) is 2. The minimum atomic E-state index is -0.283. The Balaban J connectivity index is 1.81. The molecular weight excluding hydrogens is 282 g/mol. The molecule has 1 aromatic carbocycles. The minimum Gasteiger partial charge on any atom is -0.378 e. The number of rotatable bonds is 3. The Hall–Kier alpha value is -2.85. The van der Waals surface area contributed by atoms with Crippen LogP contribution in [0.25, 0.3) is 0 Å². The van der Waals surface area contributed by atoms with E-state index in [1.54, 1.807) is 24.3 Å². The molecule has 1 aliphatic rings. The molecule has 3 rings (SSSR count). The molecule has 0 saturated carbocycles. The van der Waals surface area contributed by atoms with Crippen molar-refractivity contribution < 1.29 is 9.53 Å². The molecule has 1 fully saturated rings. The van der Waals surface area contributed by atoms with E-state index in [4.69, 9.17) is 4.74 Å². The van der Waals surface area contributed by atoms with Crippen LogP contribution >= 0.6 is 0 Å². The smallest absolute Gasteiger partial charge is 0.256 e. The highest BCUT2D eigenvalue weighted by atomic mass is 16.5. The zero-order valence-electron chi connectivity index (χ0n) is 11.9. The quantitative estimate of drug-likeness (QED) is 0.892. The molecule has 0 atom stereocenters. The Bertz CT molecular complexity index is 698. The lowest BCUT2D eigenvalue weighted by atomic mass is 10.2. The average Bonchev–Trinajstić information content (AvgIpc) is 2.99. The molecule has 0 bridgehead atoms. The summed E-state index contributed by atoms with van der Waals surface area (Å²) >= 11 is 0. The van der Waals surface area contributed by atoms with Gasteiger partial charge in [-0.05, 0) is 12.1 Å². The Morgan fingerprint density at radius 3 is 2.73 bits per heavy atom. The van der Waals surface area contributed by atoms with Gasteiger partial charge >= 0.3 is 0 Å². The standard InChI is InChI=1S/C15H15N5O2/c16-10-12-13(17-15(21)11-4-2-1-3-5-11)18-19-14(12)20-6-8-22-9-7-20/h1-5H,6-9H2,(H2,17,18,19,21). The van der Waals surface area contributed by atoms with E-state index in [0.29, 0.717) is 49.1 Å². The van der Waals surface area contributed by atoms with Crippen molar-refractivity contribution in [3.63, 3.8) is 0 Å². The fourth-order valence-electron chi connectivity index (χ4n) is 2.31. The molecule has 2 heterocycles. The number of hydrogen-bond donors (Lipinski definition) is 2. The Morgan fingerprint density at radius 1 is 1.32 bits per heavy atom. The number of ether oxygens (including phenoxy) is 1. The third kappa shape index (κ3) is 2.77. The zero-order chi connectivity index (χ0) is 15.4. The number of benzene rings is 1. The number of anilines is 2. The maximum atomic E-state index is 12.2. The van der Waals surface area contributed by atoms with Gasteiger partial charge in [0.25, 0.3) is 5.91 Å². The highest BCUT2D eigenvalue weighted by Gasteiger charge is 2.22. The summed E-state index contributed by atoms with van der Waals surface area (Å²) in [6.45, 7) is 2.55. The van der Waals surface area contributed by atoms with Gasteiger partial charge in [0.2, 0.25) is 0 Å². The van der Waals surface area contributed by atoms with Gasteiger partial charge in [0.15, 0.2) is 5.82 Å². The van der Waals surface area contributed by atoms with Crippen molar-refractivity contribution in [2.75, 3.05) is 36.5 Å². The van der Waals surface area contributed by atoms with Crippen molar-refractivity contribution in [1.29, 1.82) is 5.26 Å². The molecule has 0 spiro atoms. The second-order valence-electron chi connectivity index (χ2n) is 4.83. The van der Waals surface area contributed by atoms with Crippen LogP contribution in [0.5, 0.6) is 0 Å². The van der Waals surface area contributed by atoms with E-state index in [9.17, 15) is 10.1 Å². The summed E-state index contributed by atoms with van der Waals surface area (Å²) in [4.78, 5) is 14.1. The fraction of sp³-hybridized carbons (Fsp3) is 0.267. The van der Waals surface area contributed by atoms with Crippen LogP contribution in [0.15, 0.2) is 30.3 Å². The van der Waals surface area contributed by atoms with Crippen molar-refractivity contribution in [2.24, 2.45) is 0 Å². The Kier molecular flexibility index (Phi) is 4.03. The second kappa shape index (κ2) is 6.28. The number of aromatic amines is 1. The van der Waals surface area contributed by atoms with Gasteiger partial charge in [-0.2, -0.15) is 10.4 Å². The summed E-state index contributed by atoms with van der Waals surface area (Å²) in [6.07, 6.45) is 0. The van der Waals surface area contributed by atoms with Crippen LogP contribution < -0.4 is 10.2 Å². The first kappa shape index (κ1) is 14.1. The summed E-state index contributed by atoms with van der Waals surface area (Å²) < 4.78 is 5.29.